The van der Waals surface area contributed by atoms with Crippen molar-refractivity contribution in [3.8, 4) is 5.75 Å². The Bertz CT molecular complexity index is 1140. The first-order valence-corrected chi connectivity index (χ1v) is 10.1. The van der Waals surface area contributed by atoms with Gasteiger partial charge in [-0.15, -0.1) is 0 Å². The number of carbonyl (C=O) groups excluding carboxylic acids is 1. The predicted octanol–water partition coefficient (Wildman–Crippen LogP) is 2.78. The summed E-state index contributed by atoms with van der Waals surface area (Å²) in [7, 11) is -2.42. The lowest BCUT2D eigenvalue weighted by Crippen LogP contribution is -2.33. The van der Waals surface area contributed by atoms with E-state index in [-0.39, 0.29) is 4.90 Å². The van der Waals surface area contributed by atoms with Crippen molar-refractivity contribution < 1.29 is 17.9 Å². The molecule has 0 saturated heterocycles. The largest absolute Gasteiger partial charge is 0.495 e. The van der Waals surface area contributed by atoms with Crippen LogP contribution >= 0.6 is 0 Å². The second-order valence-corrected chi connectivity index (χ2v) is 8.15. The Kier molecular flexibility index (Phi) is 5.62. The van der Waals surface area contributed by atoms with E-state index in [0.717, 1.165) is 16.5 Å². The maximum absolute atomic E-state index is 12.7. The number of carbonyl (C=O) groups is 1. The zero-order valence-corrected chi connectivity index (χ0v) is 16.6. The molecule has 7 nitrogen and oxygen atoms in total. The monoisotopic (exact) mass is 399 g/mol. The molecule has 0 atom stereocenters. The van der Waals surface area contributed by atoms with Gasteiger partial charge in [0.15, 0.2) is 0 Å². The number of nitrogens with zero attached hydrogens (tertiary/aromatic N) is 1. The summed E-state index contributed by atoms with van der Waals surface area (Å²) in [6.07, 6.45) is 1.61. The predicted molar refractivity (Wildman–Crippen MR) is 108 cm³/mol. The number of anilines is 1. The summed E-state index contributed by atoms with van der Waals surface area (Å²) in [4.78, 5) is 16.5. The van der Waals surface area contributed by atoms with Crippen LogP contribution in [0.5, 0.6) is 5.75 Å². The Morgan fingerprint density at radius 2 is 1.89 bits per heavy atom. The van der Waals surface area contributed by atoms with Gasteiger partial charge in [-0.2, -0.15) is 0 Å². The number of hydrogen-bond donors (Lipinski definition) is 2. The molecule has 1 amide bonds. The second-order valence-electron chi connectivity index (χ2n) is 6.42. The number of amides is 1. The molecule has 0 aliphatic rings. The number of aromatic nitrogens is 1. The molecule has 146 valence electrons. The van der Waals surface area contributed by atoms with Gasteiger partial charge in [-0.3, -0.25) is 9.78 Å². The van der Waals surface area contributed by atoms with Crippen LogP contribution in [0.4, 0.5) is 5.69 Å². The first-order valence-electron chi connectivity index (χ1n) is 8.60. The highest BCUT2D eigenvalue weighted by Crippen LogP contribution is 2.25. The summed E-state index contributed by atoms with van der Waals surface area (Å²) in [6, 6.07) is 12.1. The molecule has 0 spiro atoms. The van der Waals surface area contributed by atoms with Crippen LogP contribution in [0.1, 0.15) is 11.1 Å². The van der Waals surface area contributed by atoms with Crippen molar-refractivity contribution >= 4 is 32.5 Å². The molecule has 2 N–H and O–H groups in total. The highest BCUT2D eigenvalue weighted by atomic mass is 32.2. The van der Waals surface area contributed by atoms with E-state index >= 15 is 0 Å². The molecule has 1 heterocycles. The number of fused-ring (bicyclic) bond motifs is 1. The summed E-state index contributed by atoms with van der Waals surface area (Å²) >= 11 is 0. The van der Waals surface area contributed by atoms with Gasteiger partial charge in [-0.25, -0.2) is 13.1 Å². The molecule has 8 heteroatoms. The number of sulfonamides is 1. The zero-order chi connectivity index (χ0) is 20.3. The SMILES string of the molecule is COc1ccc(C)cc1NC(=O)CNS(=O)(=O)c1cccc2cc(C)cnc12. The van der Waals surface area contributed by atoms with Crippen LogP contribution in [0.2, 0.25) is 0 Å². The van der Waals surface area contributed by atoms with Crippen molar-refractivity contribution in [1.82, 2.24) is 9.71 Å². The molecule has 0 fully saturated rings. The molecule has 0 saturated carbocycles. The molecule has 3 aromatic rings. The van der Waals surface area contributed by atoms with Crippen molar-refractivity contribution in [2.24, 2.45) is 0 Å². The van der Waals surface area contributed by atoms with E-state index in [1.54, 1.807) is 30.5 Å². The van der Waals surface area contributed by atoms with Crippen LogP contribution < -0.4 is 14.8 Å². The van der Waals surface area contributed by atoms with E-state index in [1.165, 1.54) is 13.2 Å². The lowest BCUT2D eigenvalue weighted by molar-refractivity contribution is -0.115. The van der Waals surface area contributed by atoms with E-state index < -0.39 is 22.5 Å². The van der Waals surface area contributed by atoms with Gasteiger partial charge in [-0.05, 0) is 49.2 Å². The molecule has 28 heavy (non-hydrogen) atoms. The molecule has 0 aliphatic carbocycles. The number of ether oxygens (including phenoxy) is 1. The minimum Gasteiger partial charge on any atom is -0.495 e. The van der Waals surface area contributed by atoms with Crippen LogP contribution in [0.3, 0.4) is 0 Å². The fraction of sp³-hybridized carbons (Fsp3) is 0.200. The van der Waals surface area contributed by atoms with Crippen LogP contribution in [0, 0.1) is 13.8 Å². The maximum Gasteiger partial charge on any atom is 0.243 e. The average Bonchev–Trinajstić information content (AvgIpc) is 2.66. The molecule has 0 aliphatic heterocycles. The summed E-state index contributed by atoms with van der Waals surface area (Å²) in [6.45, 7) is 3.35. The molecule has 3 rings (SSSR count). The Balaban J connectivity index is 1.77. The third kappa shape index (κ3) is 4.29. The number of para-hydroxylation sites is 1. The fourth-order valence-corrected chi connectivity index (χ4v) is 3.97. The van der Waals surface area contributed by atoms with Crippen molar-refractivity contribution in [3.63, 3.8) is 0 Å². The van der Waals surface area contributed by atoms with E-state index in [9.17, 15) is 13.2 Å². The smallest absolute Gasteiger partial charge is 0.243 e. The topological polar surface area (TPSA) is 97.4 Å². The van der Waals surface area contributed by atoms with Gasteiger partial charge in [0, 0.05) is 11.6 Å². The van der Waals surface area contributed by atoms with Crippen molar-refractivity contribution in [1.29, 1.82) is 0 Å². The minimum atomic E-state index is -3.92. The fourth-order valence-electron chi connectivity index (χ4n) is 2.81. The van der Waals surface area contributed by atoms with Crippen molar-refractivity contribution in [3.05, 3.63) is 59.8 Å². The van der Waals surface area contributed by atoms with Gasteiger partial charge in [0.25, 0.3) is 0 Å². The lowest BCUT2D eigenvalue weighted by atomic mass is 10.2. The highest BCUT2D eigenvalue weighted by molar-refractivity contribution is 7.89. The number of rotatable bonds is 6. The average molecular weight is 399 g/mol. The summed E-state index contributed by atoms with van der Waals surface area (Å²) < 4.78 is 33.0. The molecule has 0 bridgehead atoms. The summed E-state index contributed by atoms with van der Waals surface area (Å²) in [5.41, 5.74) is 2.71. The van der Waals surface area contributed by atoms with E-state index in [4.69, 9.17) is 4.74 Å². The molecule has 0 unspecified atom stereocenters. The Labute approximate surface area is 163 Å². The van der Waals surface area contributed by atoms with E-state index in [0.29, 0.717) is 17.0 Å². The zero-order valence-electron chi connectivity index (χ0n) is 15.8. The first-order chi connectivity index (χ1) is 13.3. The first kappa shape index (κ1) is 19.8. The van der Waals surface area contributed by atoms with E-state index in [2.05, 4.69) is 15.0 Å². The van der Waals surface area contributed by atoms with Gasteiger partial charge >= 0.3 is 0 Å². The summed E-state index contributed by atoms with van der Waals surface area (Å²) in [5, 5.41) is 3.38. The summed E-state index contributed by atoms with van der Waals surface area (Å²) in [5.74, 6) is -0.00746. The second kappa shape index (κ2) is 7.95. The molecular weight excluding hydrogens is 378 g/mol. The van der Waals surface area contributed by atoms with Gasteiger partial charge in [0.2, 0.25) is 15.9 Å². The normalized spacial score (nSPS) is 11.4. The number of pyridine rings is 1. The number of benzene rings is 2. The Morgan fingerprint density at radius 1 is 1.11 bits per heavy atom. The van der Waals surface area contributed by atoms with E-state index in [1.807, 2.05) is 26.0 Å². The third-order valence-electron chi connectivity index (χ3n) is 4.15. The van der Waals surface area contributed by atoms with Crippen LogP contribution in [-0.2, 0) is 14.8 Å². The number of nitrogens with one attached hydrogen (secondary N) is 2. The maximum atomic E-state index is 12.7. The molecular formula is C20H21N3O4S. The standard InChI is InChI=1S/C20H21N3O4S/c1-13-7-8-17(27-3)16(10-13)23-19(24)12-22-28(25,26)18-6-4-5-15-9-14(2)11-21-20(15)18/h4-11,22H,12H2,1-3H3,(H,23,24). The molecule has 1 aromatic heterocycles. The number of hydrogen-bond acceptors (Lipinski definition) is 5. The van der Waals surface area contributed by atoms with Crippen molar-refractivity contribution in [2.45, 2.75) is 18.7 Å². The Morgan fingerprint density at radius 3 is 2.64 bits per heavy atom. The van der Waals surface area contributed by atoms with Gasteiger partial charge in [0.05, 0.1) is 24.9 Å². The quantitative estimate of drug-likeness (QED) is 0.664. The highest BCUT2D eigenvalue weighted by Gasteiger charge is 2.19. The lowest BCUT2D eigenvalue weighted by Gasteiger charge is -2.12. The van der Waals surface area contributed by atoms with Crippen molar-refractivity contribution in [2.75, 3.05) is 19.0 Å². The van der Waals surface area contributed by atoms with Crippen LogP contribution in [-0.4, -0.2) is 33.0 Å². The minimum absolute atomic E-state index is 0.0333. The van der Waals surface area contributed by atoms with Crippen LogP contribution in [0.15, 0.2) is 53.6 Å². The number of methoxy groups -OCH3 is 1. The van der Waals surface area contributed by atoms with Gasteiger partial charge in [0.1, 0.15) is 10.6 Å². The Hall–Kier alpha value is -2.97. The molecule has 2 aromatic carbocycles. The van der Waals surface area contributed by atoms with Crippen LogP contribution in [0.25, 0.3) is 10.9 Å². The number of aryl methyl sites for hydroxylation is 2. The van der Waals surface area contributed by atoms with Gasteiger partial charge < -0.3 is 10.1 Å². The molecule has 0 radical (unpaired) electrons. The van der Waals surface area contributed by atoms with Gasteiger partial charge in [-0.1, -0.05) is 18.2 Å². The third-order valence-corrected chi connectivity index (χ3v) is 5.58.